The second kappa shape index (κ2) is 3.99. The fourth-order valence-electron chi connectivity index (χ4n) is 2.46. The number of halogens is 1. The Balaban J connectivity index is 2.75. The van der Waals surface area contributed by atoms with Gasteiger partial charge in [-0.05, 0) is 34.7 Å². The smallest absolute Gasteiger partial charge is 0.0351 e. The summed E-state index contributed by atoms with van der Waals surface area (Å²) in [4.78, 5) is 4.94. The van der Waals surface area contributed by atoms with E-state index in [1.165, 1.54) is 0 Å². The Hall–Kier alpha value is 0.210. The number of likely N-dealkylation sites (N-methyl/N-ethyl adjacent to an activating group) is 1. The van der Waals surface area contributed by atoms with Crippen molar-refractivity contribution in [2.45, 2.75) is 38.8 Å². The highest BCUT2D eigenvalue weighted by Crippen LogP contribution is 2.29. The molecule has 1 rings (SSSR count). The van der Waals surface area contributed by atoms with Crippen molar-refractivity contribution in [2.75, 3.05) is 32.6 Å². The summed E-state index contributed by atoms with van der Waals surface area (Å²) in [5.41, 5.74) is 0.488. The minimum absolute atomic E-state index is 0.244. The molecule has 0 amide bonds. The van der Waals surface area contributed by atoms with E-state index in [0.29, 0.717) is 0 Å². The fraction of sp³-hybridized carbons (Fsp3) is 1.00. The number of rotatable bonds is 2. The van der Waals surface area contributed by atoms with E-state index in [1.807, 2.05) is 0 Å². The van der Waals surface area contributed by atoms with Gasteiger partial charge >= 0.3 is 0 Å². The maximum absolute atomic E-state index is 5.80. The SMILES string of the molecule is CN1C(C)(C)CN(CCCl)CC1(C)C. The number of alkyl halides is 1. The molecule has 0 N–H and O–H groups in total. The Morgan fingerprint density at radius 2 is 1.50 bits per heavy atom. The summed E-state index contributed by atoms with van der Waals surface area (Å²) in [6.45, 7) is 12.4. The molecule has 1 heterocycles. The number of hydrogen-bond donors (Lipinski definition) is 0. The van der Waals surface area contributed by atoms with Crippen molar-refractivity contribution in [3.05, 3.63) is 0 Å². The first-order valence-electron chi connectivity index (χ1n) is 5.32. The lowest BCUT2D eigenvalue weighted by Crippen LogP contribution is -2.67. The van der Waals surface area contributed by atoms with Crippen molar-refractivity contribution in [1.29, 1.82) is 0 Å². The molecule has 0 saturated carbocycles. The van der Waals surface area contributed by atoms with Crippen LogP contribution in [0, 0.1) is 0 Å². The van der Waals surface area contributed by atoms with Crippen molar-refractivity contribution >= 4 is 11.6 Å². The zero-order valence-corrected chi connectivity index (χ0v) is 10.9. The van der Waals surface area contributed by atoms with E-state index in [-0.39, 0.29) is 11.1 Å². The number of piperazine rings is 1. The number of hydrogen-bond acceptors (Lipinski definition) is 2. The Labute approximate surface area is 93.2 Å². The van der Waals surface area contributed by atoms with Gasteiger partial charge in [-0.15, -0.1) is 11.6 Å². The topological polar surface area (TPSA) is 6.48 Å². The zero-order chi connectivity index (χ0) is 11.0. The van der Waals surface area contributed by atoms with Crippen LogP contribution in [0.3, 0.4) is 0 Å². The van der Waals surface area contributed by atoms with Gasteiger partial charge in [-0.3, -0.25) is 9.80 Å². The third kappa shape index (κ3) is 2.41. The van der Waals surface area contributed by atoms with Gasteiger partial charge in [0, 0.05) is 36.6 Å². The summed E-state index contributed by atoms with van der Waals surface area (Å²) in [6, 6.07) is 0. The van der Waals surface area contributed by atoms with E-state index < -0.39 is 0 Å². The Morgan fingerprint density at radius 1 is 1.07 bits per heavy atom. The van der Waals surface area contributed by atoms with Crippen molar-refractivity contribution in [3.8, 4) is 0 Å². The highest BCUT2D eigenvalue weighted by molar-refractivity contribution is 6.18. The van der Waals surface area contributed by atoms with Gasteiger partial charge in [0.25, 0.3) is 0 Å². The maximum Gasteiger partial charge on any atom is 0.0351 e. The molecule has 0 radical (unpaired) electrons. The molecule has 2 nitrogen and oxygen atoms in total. The lowest BCUT2D eigenvalue weighted by molar-refractivity contribution is -0.0478. The minimum Gasteiger partial charge on any atom is -0.299 e. The van der Waals surface area contributed by atoms with Crippen LogP contribution in [0.5, 0.6) is 0 Å². The molecule has 1 fully saturated rings. The van der Waals surface area contributed by atoms with Crippen LogP contribution < -0.4 is 0 Å². The highest BCUT2D eigenvalue weighted by atomic mass is 35.5. The predicted octanol–water partition coefficient (Wildman–Crippen LogP) is 2.03. The molecule has 0 aromatic rings. The summed E-state index contributed by atoms with van der Waals surface area (Å²) < 4.78 is 0. The van der Waals surface area contributed by atoms with Crippen LogP contribution in [0.25, 0.3) is 0 Å². The molecular formula is C11H23ClN2. The standard InChI is InChI=1S/C11H23ClN2/c1-10(2)8-14(7-6-12)9-11(3,4)13(10)5/h6-9H2,1-5H3. The molecule has 0 spiro atoms. The Morgan fingerprint density at radius 3 is 1.86 bits per heavy atom. The molecule has 1 aliphatic rings. The molecule has 0 aliphatic carbocycles. The molecule has 0 unspecified atom stereocenters. The third-order valence-electron chi connectivity index (χ3n) is 3.44. The molecule has 14 heavy (non-hydrogen) atoms. The first kappa shape index (κ1) is 12.3. The van der Waals surface area contributed by atoms with Crippen molar-refractivity contribution in [3.63, 3.8) is 0 Å². The van der Waals surface area contributed by atoms with Crippen molar-refractivity contribution < 1.29 is 0 Å². The van der Waals surface area contributed by atoms with Gasteiger partial charge in [-0.1, -0.05) is 0 Å². The van der Waals surface area contributed by atoms with E-state index in [2.05, 4.69) is 44.5 Å². The average molecular weight is 219 g/mol. The lowest BCUT2D eigenvalue weighted by Gasteiger charge is -2.54. The minimum atomic E-state index is 0.244. The molecular weight excluding hydrogens is 196 g/mol. The van der Waals surface area contributed by atoms with Gasteiger partial charge in [-0.2, -0.15) is 0 Å². The van der Waals surface area contributed by atoms with Crippen molar-refractivity contribution in [2.24, 2.45) is 0 Å². The molecule has 0 bridgehead atoms. The van der Waals surface area contributed by atoms with Crippen LogP contribution in [0.1, 0.15) is 27.7 Å². The van der Waals surface area contributed by atoms with Gasteiger partial charge in [-0.25, -0.2) is 0 Å². The van der Waals surface area contributed by atoms with E-state index in [1.54, 1.807) is 0 Å². The molecule has 0 aromatic carbocycles. The second-order valence-electron chi connectivity index (χ2n) is 5.58. The zero-order valence-electron chi connectivity index (χ0n) is 10.1. The molecule has 84 valence electrons. The summed E-state index contributed by atoms with van der Waals surface area (Å²) in [5, 5.41) is 0. The summed E-state index contributed by atoms with van der Waals surface area (Å²) in [7, 11) is 2.22. The van der Waals surface area contributed by atoms with Crippen LogP contribution in [0.4, 0.5) is 0 Å². The van der Waals surface area contributed by atoms with E-state index in [4.69, 9.17) is 11.6 Å². The van der Waals surface area contributed by atoms with Crippen LogP contribution >= 0.6 is 11.6 Å². The highest BCUT2D eigenvalue weighted by Gasteiger charge is 2.41. The first-order valence-corrected chi connectivity index (χ1v) is 5.85. The molecule has 0 atom stereocenters. The quantitative estimate of drug-likeness (QED) is 0.655. The monoisotopic (exact) mass is 218 g/mol. The first-order chi connectivity index (χ1) is 6.29. The van der Waals surface area contributed by atoms with E-state index >= 15 is 0 Å². The second-order valence-corrected chi connectivity index (χ2v) is 5.96. The van der Waals surface area contributed by atoms with Crippen LogP contribution in [0.15, 0.2) is 0 Å². The van der Waals surface area contributed by atoms with E-state index in [0.717, 1.165) is 25.5 Å². The van der Waals surface area contributed by atoms with Crippen molar-refractivity contribution in [1.82, 2.24) is 9.80 Å². The molecule has 0 aromatic heterocycles. The average Bonchev–Trinajstić information content (AvgIpc) is 1.99. The van der Waals surface area contributed by atoms with Gasteiger partial charge in [0.1, 0.15) is 0 Å². The predicted molar refractivity (Wildman–Crippen MR) is 63.1 cm³/mol. The summed E-state index contributed by atoms with van der Waals surface area (Å²) in [6.07, 6.45) is 0. The van der Waals surface area contributed by atoms with E-state index in [9.17, 15) is 0 Å². The van der Waals surface area contributed by atoms with Crippen LogP contribution in [-0.2, 0) is 0 Å². The Kier molecular flexibility index (Phi) is 3.50. The molecule has 1 saturated heterocycles. The molecule has 1 aliphatic heterocycles. The summed E-state index contributed by atoms with van der Waals surface area (Å²) in [5.74, 6) is 0.732. The lowest BCUT2D eigenvalue weighted by atomic mass is 9.88. The Bertz CT molecular complexity index is 183. The summed E-state index contributed by atoms with van der Waals surface area (Å²) >= 11 is 5.80. The van der Waals surface area contributed by atoms with Gasteiger partial charge in [0.15, 0.2) is 0 Å². The molecule has 3 heteroatoms. The van der Waals surface area contributed by atoms with Crippen LogP contribution in [-0.4, -0.2) is 53.4 Å². The third-order valence-corrected chi connectivity index (χ3v) is 3.61. The van der Waals surface area contributed by atoms with Gasteiger partial charge < -0.3 is 0 Å². The maximum atomic E-state index is 5.80. The normalized spacial score (nSPS) is 27.9. The van der Waals surface area contributed by atoms with Gasteiger partial charge in [0.2, 0.25) is 0 Å². The fourth-order valence-corrected chi connectivity index (χ4v) is 2.70. The largest absolute Gasteiger partial charge is 0.299 e. The van der Waals surface area contributed by atoms with Crippen LogP contribution in [0.2, 0.25) is 0 Å². The number of nitrogens with zero attached hydrogens (tertiary/aromatic N) is 2. The van der Waals surface area contributed by atoms with Gasteiger partial charge in [0.05, 0.1) is 0 Å².